The molecule has 0 bridgehead atoms. The van der Waals surface area contributed by atoms with E-state index in [2.05, 4.69) is 0 Å². The first-order valence-corrected chi connectivity index (χ1v) is 6.42. The molecule has 2 atom stereocenters. The van der Waals surface area contributed by atoms with Crippen molar-refractivity contribution in [2.75, 3.05) is 4.90 Å². The van der Waals surface area contributed by atoms with E-state index in [1.807, 2.05) is 12.2 Å². The van der Waals surface area contributed by atoms with Gasteiger partial charge in [0.15, 0.2) is 0 Å². The van der Waals surface area contributed by atoms with Crippen LogP contribution in [-0.4, -0.2) is 16.9 Å². The molecule has 2 aliphatic rings. The van der Waals surface area contributed by atoms with E-state index in [0.717, 1.165) is 0 Å². The Morgan fingerprint density at radius 1 is 1.11 bits per heavy atom. The molecule has 0 radical (unpaired) electrons. The third kappa shape index (κ3) is 1.67. The highest BCUT2D eigenvalue weighted by molar-refractivity contribution is 6.22. The number of carbonyl (C=O) groups excluding carboxylic acids is 2. The summed E-state index contributed by atoms with van der Waals surface area (Å²) in [5, 5.41) is 9.73. The molecule has 98 valence electrons. The lowest BCUT2D eigenvalue weighted by molar-refractivity contribution is -0.122. The normalized spacial score (nSPS) is 25.8. The van der Waals surface area contributed by atoms with Gasteiger partial charge < -0.3 is 5.11 Å². The van der Waals surface area contributed by atoms with Crippen LogP contribution in [-0.2, 0) is 9.59 Å². The summed E-state index contributed by atoms with van der Waals surface area (Å²) >= 11 is 0. The average Bonchev–Trinajstić information content (AvgIpc) is 2.67. The number of benzene rings is 1. The molecule has 1 aromatic carbocycles. The largest absolute Gasteiger partial charge is 0.508 e. The fraction of sp³-hybridized carbons (Fsp3) is 0.333. The molecule has 4 nitrogen and oxygen atoms in total. The lowest BCUT2D eigenvalue weighted by atomic mass is 9.85. The van der Waals surface area contributed by atoms with Gasteiger partial charge in [-0.3, -0.25) is 9.59 Å². The molecule has 0 saturated carbocycles. The number of allylic oxidation sites excluding steroid dienone is 2. The Hall–Kier alpha value is -2.10. The molecule has 0 spiro atoms. The number of hydrogen-bond donors (Lipinski definition) is 1. The fourth-order valence-electron chi connectivity index (χ4n) is 2.89. The molecule has 1 aromatic rings. The number of imide groups is 1. The second-order valence-electron chi connectivity index (χ2n) is 5.09. The first-order valence-electron chi connectivity index (χ1n) is 6.42. The smallest absolute Gasteiger partial charge is 0.238 e. The molecule has 2 amide bonds. The average molecular weight is 257 g/mol. The minimum Gasteiger partial charge on any atom is -0.508 e. The topological polar surface area (TPSA) is 57.6 Å². The van der Waals surface area contributed by atoms with Gasteiger partial charge in [0.2, 0.25) is 11.8 Å². The summed E-state index contributed by atoms with van der Waals surface area (Å²) in [6, 6.07) is 4.91. The first-order chi connectivity index (χ1) is 9.11. The zero-order valence-electron chi connectivity index (χ0n) is 10.7. The van der Waals surface area contributed by atoms with Gasteiger partial charge in [0.25, 0.3) is 0 Å². The van der Waals surface area contributed by atoms with Gasteiger partial charge in [-0.25, -0.2) is 4.90 Å². The Morgan fingerprint density at radius 3 is 2.26 bits per heavy atom. The van der Waals surface area contributed by atoms with Crippen LogP contribution in [0, 0.1) is 18.8 Å². The van der Waals surface area contributed by atoms with E-state index in [1.54, 1.807) is 25.1 Å². The first kappa shape index (κ1) is 12.0. The van der Waals surface area contributed by atoms with Crippen LogP contribution in [0.3, 0.4) is 0 Å². The van der Waals surface area contributed by atoms with Crippen LogP contribution in [0.5, 0.6) is 5.75 Å². The number of rotatable bonds is 1. The molecule has 4 heteroatoms. The number of fused-ring (bicyclic) bond motifs is 1. The lowest BCUT2D eigenvalue weighted by Crippen LogP contribution is -2.31. The summed E-state index contributed by atoms with van der Waals surface area (Å²) in [6.45, 7) is 1.71. The van der Waals surface area contributed by atoms with Crippen LogP contribution >= 0.6 is 0 Å². The van der Waals surface area contributed by atoms with Gasteiger partial charge in [-0.1, -0.05) is 18.2 Å². The number of nitrogens with zero attached hydrogens (tertiary/aromatic N) is 1. The Bertz CT molecular complexity index is 565. The van der Waals surface area contributed by atoms with E-state index < -0.39 is 0 Å². The third-order valence-electron chi connectivity index (χ3n) is 4.03. The van der Waals surface area contributed by atoms with E-state index in [0.29, 0.717) is 24.1 Å². The van der Waals surface area contributed by atoms with Crippen molar-refractivity contribution in [1.82, 2.24) is 0 Å². The van der Waals surface area contributed by atoms with E-state index in [9.17, 15) is 14.7 Å². The molecule has 1 heterocycles. The molecule has 1 saturated heterocycles. The maximum absolute atomic E-state index is 12.4. The zero-order chi connectivity index (χ0) is 13.6. The summed E-state index contributed by atoms with van der Waals surface area (Å²) in [6.07, 6.45) is 5.18. The number of aromatic hydroxyl groups is 1. The van der Waals surface area contributed by atoms with Crippen LogP contribution in [0.25, 0.3) is 0 Å². The minimum absolute atomic E-state index is 0.103. The van der Waals surface area contributed by atoms with Crippen LogP contribution in [0.1, 0.15) is 18.4 Å². The SMILES string of the molecule is Cc1c(O)cccc1N1C(=O)[C@H]2CC=CC[C@H]2C1=O. The number of carbonyl (C=O) groups is 2. The van der Waals surface area contributed by atoms with Gasteiger partial charge in [0.1, 0.15) is 5.75 Å². The number of phenolic OH excluding ortho intramolecular Hbond substituents is 1. The molecule has 1 N–H and O–H groups in total. The molecule has 0 unspecified atom stereocenters. The summed E-state index contributed by atoms with van der Waals surface area (Å²) in [7, 11) is 0. The summed E-state index contributed by atoms with van der Waals surface area (Å²) in [5.74, 6) is -0.661. The van der Waals surface area contributed by atoms with Crippen molar-refractivity contribution < 1.29 is 14.7 Å². The summed E-state index contributed by atoms with van der Waals surface area (Å²) in [4.78, 5) is 26.1. The predicted octanol–water partition coefficient (Wildman–Crippen LogP) is 2.16. The molecule has 1 fully saturated rings. The van der Waals surface area contributed by atoms with E-state index >= 15 is 0 Å². The van der Waals surface area contributed by atoms with Crippen LogP contribution in [0.4, 0.5) is 5.69 Å². The van der Waals surface area contributed by atoms with Gasteiger partial charge >= 0.3 is 0 Å². The van der Waals surface area contributed by atoms with Crippen molar-refractivity contribution in [2.24, 2.45) is 11.8 Å². The summed E-state index contributed by atoms with van der Waals surface area (Å²) < 4.78 is 0. The Morgan fingerprint density at radius 2 is 1.68 bits per heavy atom. The highest BCUT2D eigenvalue weighted by Gasteiger charge is 2.48. The highest BCUT2D eigenvalue weighted by atomic mass is 16.3. The van der Waals surface area contributed by atoms with Crippen molar-refractivity contribution in [2.45, 2.75) is 19.8 Å². The molecular formula is C15H15NO3. The second-order valence-corrected chi connectivity index (χ2v) is 5.09. The molecule has 0 aromatic heterocycles. The van der Waals surface area contributed by atoms with Crippen molar-refractivity contribution >= 4 is 17.5 Å². The number of hydrogen-bond acceptors (Lipinski definition) is 3. The monoisotopic (exact) mass is 257 g/mol. The van der Waals surface area contributed by atoms with Crippen molar-refractivity contribution in [3.63, 3.8) is 0 Å². The maximum Gasteiger partial charge on any atom is 0.238 e. The minimum atomic E-state index is -0.237. The second kappa shape index (κ2) is 4.23. The van der Waals surface area contributed by atoms with Gasteiger partial charge in [-0.05, 0) is 31.9 Å². The Labute approximate surface area is 111 Å². The Balaban J connectivity index is 2.04. The molecule has 19 heavy (non-hydrogen) atoms. The predicted molar refractivity (Wildman–Crippen MR) is 70.7 cm³/mol. The van der Waals surface area contributed by atoms with E-state index in [-0.39, 0.29) is 29.4 Å². The molecule has 1 aliphatic carbocycles. The van der Waals surface area contributed by atoms with Crippen LogP contribution in [0.15, 0.2) is 30.4 Å². The highest BCUT2D eigenvalue weighted by Crippen LogP contribution is 2.39. The van der Waals surface area contributed by atoms with Crippen molar-refractivity contribution in [1.29, 1.82) is 0 Å². The van der Waals surface area contributed by atoms with E-state index in [1.165, 1.54) is 4.90 Å². The molecule has 3 rings (SSSR count). The maximum atomic E-state index is 12.4. The fourth-order valence-corrected chi connectivity index (χ4v) is 2.89. The summed E-state index contributed by atoms with van der Waals surface area (Å²) in [5.41, 5.74) is 1.07. The van der Waals surface area contributed by atoms with Crippen LogP contribution in [0.2, 0.25) is 0 Å². The quantitative estimate of drug-likeness (QED) is 0.619. The zero-order valence-corrected chi connectivity index (χ0v) is 10.7. The van der Waals surface area contributed by atoms with Gasteiger partial charge in [-0.15, -0.1) is 0 Å². The van der Waals surface area contributed by atoms with Crippen molar-refractivity contribution in [3.8, 4) is 5.75 Å². The third-order valence-corrected chi connectivity index (χ3v) is 4.03. The molecule has 1 aliphatic heterocycles. The van der Waals surface area contributed by atoms with E-state index in [4.69, 9.17) is 0 Å². The van der Waals surface area contributed by atoms with Gasteiger partial charge in [0.05, 0.1) is 17.5 Å². The standard InChI is InChI=1S/C15H15NO3/c1-9-12(7-4-8-13(9)17)16-14(18)10-5-2-3-6-11(10)15(16)19/h2-4,7-8,10-11,17H,5-6H2,1H3/t10-,11+. The number of amides is 2. The van der Waals surface area contributed by atoms with Crippen molar-refractivity contribution in [3.05, 3.63) is 35.9 Å². The lowest BCUT2D eigenvalue weighted by Gasteiger charge is -2.17. The number of phenols is 1. The van der Waals surface area contributed by atoms with Gasteiger partial charge in [-0.2, -0.15) is 0 Å². The molecular weight excluding hydrogens is 242 g/mol. The van der Waals surface area contributed by atoms with Gasteiger partial charge in [0, 0.05) is 5.56 Å². The Kier molecular flexibility index (Phi) is 2.66. The van der Waals surface area contributed by atoms with Crippen LogP contribution < -0.4 is 4.90 Å². The number of anilines is 1.